The van der Waals surface area contributed by atoms with Gasteiger partial charge in [-0.3, -0.25) is 14.9 Å². The number of carbonyl (C=O) groups is 1. The Balaban J connectivity index is 1.62. The molecule has 0 fully saturated rings. The molecule has 33 heavy (non-hydrogen) atoms. The van der Waals surface area contributed by atoms with E-state index < -0.39 is 4.92 Å². The van der Waals surface area contributed by atoms with Gasteiger partial charge in [0.1, 0.15) is 0 Å². The van der Waals surface area contributed by atoms with Crippen LogP contribution in [0, 0.1) is 17.0 Å². The third-order valence-electron chi connectivity index (χ3n) is 6.30. The average molecular weight is 445 g/mol. The van der Waals surface area contributed by atoms with E-state index in [2.05, 4.69) is 57.6 Å². The smallest absolute Gasteiger partial charge is 0.273 e. The van der Waals surface area contributed by atoms with Gasteiger partial charge in [0, 0.05) is 55.8 Å². The second-order valence-corrected chi connectivity index (χ2v) is 8.49. The molecule has 1 atom stereocenters. The first-order valence-corrected chi connectivity index (χ1v) is 11.0. The van der Waals surface area contributed by atoms with Gasteiger partial charge in [-0.05, 0) is 48.7 Å². The first-order valence-electron chi connectivity index (χ1n) is 11.0. The number of hydrogen-bond acceptors (Lipinski definition) is 5. The number of nitro benzene ring substituents is 1. The summed E-state index contributed by atoms with van der Waals surface area (Å²) in [6.07, 6.45) is 0.959. The average Bonchev–Trinajstić information content (AvgIpc) is 3.23. The number of carbonyl (C=O) groups excluding carboxylic acids is 1. The minimum absolute atomic E-state index is 0.0491. The molecule has 0 radical (unpaired) electrons. The van der Waals surface area contributed by atoms with Gasteiger partial charge in [0.2, 0.25) is 0 Å². The van der Waals surface area contributed by atoms with E-state index in [1.54, 1.807) is 19.1 Å². The van der Waals surface area contributed by atoms with Crippen LogP contribution in [0.5, 0.6) is 0 Å². The SMILES string of the molecule is Cc1c(C(=O)NCC(c2ccc(N(C)C)cc2)N2CCc3ccccc32)cccc1[N+](=O)[O-]. The van der Waals surface area contributed by atoms with Gasteiger partial charge in [0.15, 0.2) is 0 Å². The van der Waals surface area contributed by atoms with Crippen LogP contribution in [0.25, 0.3) is 0 Å². The van der Waals surface area contributed by atoms with Gasteiger partial charge in [-0.1, -0.05) is 36.4 Å². The highest BCUT2D eigenvalue weighted by Crippen LogP contribution is 2.35. The molecule has 3 aromatic rings. The van der Waals surface area contributed by atoms with Crippen molar-refractivity contribution < 1.29 is 9.72 Å². The zero-order valence-electron chi connectivity index (χ0n) is 19.1. The molecule has 0 saturated heterocycles. The van der Waals surface area contributed by atoms with Gasteiger partial charge in [0.25, 0.3) is 11.6 Å². The van der Waals surface area contributed by atoms with Crippen molar-refractivity contribution in [1.29, 1.82) is 0 Å². The van der Waals surface area contributed by atoms with Crippen LogP contribution in [-0.2, 0) is 6.42 Å². The largest absolute Gasteiger partial charge is 0.378 e. The monoisotopic (exact) mass is 444 g/mol. The molecule has 4 rings (SSSR count). The Morgan fingerprint density at radius 3 is 2.52 bits per heavy atom. The summed E-state index contributed by atoms with van der Waals surface area (Å²) in [4.78, 5) is 28.2. The fourth-order valence-electron chi connectivity index (χ4n) is 4.44. The lowest BCUT2D eigenvalue weighted by Crippen LogP contribution is -2.37. The Labute approximate surface area is 193 Å². The summed E-state index contributed by atoms with van der Waals surface area (Å²) in [6.45, 7) is 2.86. The molecule has 0 bridgehead atoms. The highest BCUT2D eigenvalue weighted by molar-refractivity contribution is 5.96. The molecule has 3 aromatic carbocycles. The quantitative estimate of drug-likeness (QED) is 0.429. The van der Waals surface area contributed by atoms with E-state index in [9.17, 15) is 14.9 Å². The second kappa shape index (κ2) is 9.32. The standard InChI is InChI=1S/C26H28N4O3/c1-18-22(8-6-10-23(18)30(32)33)26(31)27-17-25(20-11-13-21(14-12-20)28(2)3)29-16-15-19-7-4-5-9-24(19)29/h4-14,25H,15-17H2,1-3H3,(H,27,31). The van der Waals surface area contributed by atoms with Crippen LogP contribution in [0.1, 0.15) is 33.1 Å². The molecule has 0 aromatic heterocycles. The van der Waals surface area contributed by atoms with E-state index in [4.69, 9.17) is 0 Å². The lowest BCUT2D eigenvalue weighted by atomic mass is 10.0. The van der Waals surface area contributed by atoms with Crippen molar-refractivity contribution in [3.63, 3.8) is 0 Å². The number of para-hydroxylation sites is 1. The fourth-order valence-corrected chi connectivity index (χ4v) is 4.44. The summed E-state index contributed by atoms with van der Waals surface area (Å²) < 4.78 is 0. The normalized spacial score (nSPS) is 13.4. The summed E-state index contributed by atoms with van der Waals surface area (Å²) in [5, 5.41) is 14.3. The maximum absolute atomic E-state index is 13.0. The number of hydrogen-bond donors (Lipinski definition) is 1. The highest BCUT2D eigenvalue weighted by Gasteiger charge is 2.28. The van der Waals surface area contributed by atoms with Crippen molar-refractivity contribution in [2.24, 2.45) is 0 Å². The van der Waals surface area contributed by atoms with Crippen LogP contribution in [0.15, 0.2) is 66.7 Å². The van der Waals surface area contributed by atoms with Gasteiger partial charge >= 0.3 is 0 Å². The predicted molar refractivity (Wildman–Crippen MR) is 131 cm³/mol. The van der Waals surface area contributed by atoms with Crippen molar-refractivity contribution in [2.75, 3.05) is 37.0 Å². The fraction of sp³-hybridized carbons (Fsp3) is 0.269. The summed E-state index contributed by atoms with van der Waals surface area (Å²) in [6, 6.07) is 21.3. The Hall–Kier alpha value is -3.87. The van der Waals surface area contributed by atoms with Crippen molar-refractivity contribution in [3.8, 4) is 0 Å². The van der Waals surface area contributed by atoms with Crippen LogP contribution in [0.2, 0.25) is 0 Å². The number of rotatable bonds is 7. The molecule has 1 N–H and O–H groups in total. The zero-order chi connectivity index (χ0) is 23.5. The third kappa shape index (κ3) is 4.53. The molecule has 1 unspecified atom stereocenters. The van der Waals surface area contributed by atoms with Gasteiger partial charge in [-0.15, -0.1) is 0 Å². The molecule has 1 aliphatic rings. The molecule has 1 amide bonds. The molecule has 170 valence electrons. The Kier molecular flexibility index (Phi) is 6.31. The van der Waals surface area contributed by atoms with E-state index in [1.807, 2.05) is 20.2 Å². The number of nitrogens with one attached hydrogen (secondary N) is 1. The number of benzene rings is 3. The van der Waals surface area contributed by atoms with E-state index in [0.29, 0.717) is 17.7 Å². The molecule has 0 saturated carbocycles. The molecular weight excluding hydrogens is 416 g/mol. The van der Waals surface area contributed by atoms with Crippen LogP contribution < -0.4 is 15.1 Å². The lowest BCUT2D eigenvalue weighted by molar-refractivity contribution is -0.385. The van der Waals surface area contributed by atoms with Crippen LogP contribution in [0.3, 0.4) is 0 Å². The minimum atomic E-state index is -0.456. The predicted octanol–water partition coefficient (Wildman–Crippen LogP) is 4.50. The maximum Gasteiger partial charge on any atom is 0.273 e. The molecule has 7 heteroatoms. The van der Waals surface area contributed by atoms with Crippen molar-refractivity contribution in [1.82, 2.24) is 5.32 Å². The Morgan fingerprint density at radius 1 is 1.09 bits per heavy atom. The molecule has 7 nitrogen and oxygen atoms in total. The Morgan fingerprint density at radius 2 is 1.82 bits per heavy atom. The summed E-state index contributed by atoms with van der Waals surface area (Å²) in [5.74, 6) is -0.307. The van der Waals surface area contributed by atoms with E-state index >= 15 is 0 Å². The number of fused-ring (bicyclic) bond motifs is 1. The summed E-state index contributed by atoms with van der Waals surface area (Å²) in [7, 11) is 4.01. The van der Waals surface area contributed by atoms with Crippen LogP contribution in [0.4, 0.5) is 17.1 Å². The van der Waals surface area contributed by atoms with Crippen molar-refractivity contribution in [3.05, 3.63) is 99.1 Å². The maximum atomic E-state index is 13.0. The van der Waals surface area contributed by atoms with Crippen molar-refractivity contribution in [2.45, 2.75) is 19.4 Å². The van der Waals surface area contributed by atoms with E-state index in [0.717, 1.165) is 24.2 Å². The van der Waals surface area contributed by atoms with E-state index in [1.165, 1.54) is 17.3 Å². The van der Waals surface area contributed by atoms with Gasteiger partial charge in [-0.25, -0.2) is 0 Å². The topological polar surface area (TPSA) is 78.7 Å². The molecular formula is C26H28N4O3. The van der Waals surface area contributed by atoms with Gasteiger partial charge < -0.3 is 15.1 Å². The number of nitro groups is 1. The third-order valence-corrected chi connectivity index (χ3v) is 6.30. The number of anilines is 2. The number of nitrogens with zero attached hydrogens (tertiary/aromatic N) is 3. The molecule has 1 aliphatic heterocycles. The summed E-state index contributed by atoms with van der Waals surface area (Å²) >= 11 is 0. The van der Waals surface area contributed by atoms with Gasteiger partial charge in [-0.2, -0.15) is 0 Å². The molecule has 0 aliphatic carbocycles. The van der Waals surface area contributed by atoms with Crippen LogP contribution in [-0.4, -0.2) is 38.0 Å². The van der Waals surface area contributed by atoms with Crippen molar-refractivity contribution >= 4 is 23.0 Å². The first-order chi connectivity index (χ1) is 15.9. The van der Waals surface area contributed by atoms with Gasteiger partial charge in [0.05, 0.1) is 11.0 Å². The summed E-state index contributed by atoms with van der Waals surface area (Å²) in [5.41, 5.74) is 5.34. The zero-order valence-corrected chi connectivity index (χ0v) is 19.1. The van der Waals surface area contributed by atoms with E-state index in [-0.39, 0.29) is 17.6 Å². The first kappa shape index (κ1) is 22.3. The lowest BCUT2D eigenvalue weighted by Gasteiger charge is -2.31. The second-order valence-electron chi connectivity index (χ2n) is 8.49. The molecule has 0 spiro atoms. The number of amides is 1. The molecule has 1 heterocycles. The van der Waals surface area contributed by atoms with Crippen LogP contribution >= 0.6 is 0 Å². The highest BCUT2D eigenvalue weighted by atomic mass is 16.6. The Bertz CT molecular complexity index is 1170. The minimum Gasteiger partial charge on any atom is -0.378 e.